The molecule has 1 unspecified atom stereocenters. The van der Waals surface area contributed by atoms with Crippen LogP contribution in [0.5, 0.6) is 0 Å². The van der Waals surface area contributed by atoms with Gasteiger partial charge in [0.25, 0.3) is 0 Å². The molecule has 2 N–H and O–H groups in total. The maximum Gasteiger partial charge on any atom is 0.0980 e. The highest BCUT2D eigenvalue weighted by Crippen LogP contribution is 2.25. The summed E-state index contributed by atoms with van der Waals surface area (Å²) in [4.78, 5) is 2.20. The normalized spacial score (nSPS) is 19.7. The van der Waals surface area contributed by atoms with Gasteiger partial charge in [-0.2, -0.15) is 0 Å². The lowest BCUT2D eigenvalue weighted by Gasteiger charge is -2.34. The van der Waals surface area contributed by atoms with Gasteiger partial charge in [-0.05, 0) is 24.2 Å². The predicted molar refractivity (Wildman–Crippen MR) is 77.9 cm³/mol. The van der Waals surface area contributed by atoms with E-state index in [0.29, 0.717) is 13.2 Å². The summed E-state index contributed by atoms with van der Waals surface area (Å²) in [5, 5.41) is 13.2. The van der Waals surface area contributed by atoms with Gasteiger partial charge in [0.1, 0.15) is 0 Å². The van der Waals surface area contributed by atoms with Crippen LogP contribution in [0.3, 0.4) is 0 Å². The molecule has 1 saturated heterocycles. The minimum absolute atomic E-state index is 0.0583. The molecule has 1 aliphatic heterocycles. The Bertz CT molecular complexity index is 414. The molecule has 0 spiro atoms. The minimum atomic E-state index is -0.103. The number of nitrogens with one attached hydrogen (secondary N) is 1. The summed E-state index contributed by atoms with van der Waals surface area (Å²) in [5.41, 5.74) is 2.20. The average Bonchev–Trinajstić information content (AvgIpc) is 2.46. The first-order chi connectivity index (χ1) is 9.24. The maximum absolute atomic E-state index is 9.17. The van der Waals surface area contributed by atoms with Gasteiger partial charge in [0.15, 0.2) is 0 Å². The van der Waals surface area contributed by atoms with Gasteiger partial charge in [0.2, 0.25) is 0 Å². The lowest BCUT2D eigenvalue weighted by atomic mass is 10.1. The van der Waals surface area contributed by atoms with Crippen molar-refractivity contribution in [3.8, 4) is 0 Å². The maximum atomic E-state index is 9.17. The van der Waals surface area contributed by atoms with E-state index >= 15 is 0 Å². The van der Waals surface area contributed by atoms with E-state index in [4.69, 9.17) is 21.4 Å². The predicted octanol–water partition coefficient (Wildman–Crippen LogP) is 1.65. The van der Waals surface area contributed by atoms with Crippen LogP contribution in [0.2, 0.25) is 5.02 Å². The highest BCUT2D eigenvalue weighted by molar-refractivity contribution is 6.31. The number of benzene rings is 1. The third-order valence-corrected chi connectivity index (χ3v) is 3.66. The fourth-order valence-electron chi connectivity index (χ4n) is 2.20. The third kappa shape index (κ3) is 3.83. The Morgan fingerprint density at radius 2 is 2.37 bits per heavy atom. The molecule has 0 bridgehead atoms. The van der Waals surface area contributed by atoms with E-state index in [2.05, 4.69) is 29.3 Å². The molecule has 106 valence electrons. The molecule has 0 radical (unpaired) electrons. The molecule has 19 heavy (non-hydrogen) atoms. The molecule has 4 nitrogen and oxygen atoms in total. The molecule has 0 amide bonds. The molecule has 5 heteroatoms. The van der Waals surface area contributed by atoms with Crippen molar-refractivity contribution in [3.63, 3.8) is 0 Å². The molecule has 1 aromatic carbocycles. The molecule has 1 aromatic rings. The number of aliphatic hydroxyl groups is 1. The van der Waals surface area contributed by atoms with Crippen molar-refractivity contribution < 1.29 is 9.84 Å². The van der Waals surface area contributed by atoms with Crippen molar-refractivity contribution in [3.05, 3.63) is 28.8 Å². The van der Waals surface area contributed by atoms with Gasteiger partial charge in [-0.25, -0.2) is 0 Å². The van der Waals surface area contributed by atoms with Gasteiger partial charge in [-0.3, -0.25) is 0 Å². The van der Waals surface area contributed by atoms with Crippen LogP contribution in [0, 0.1) is 0 Å². The van der Waals surface area contributed by atoms with Crippen LogP contribution < -0.4 is 10.2 Å². The number of hydrogen-bond acceptors (Lipinski definition) is 4. The average molecular weight is 285 g/mol. The summed E-state index contributed by atoms with van der Waals surface area (Å²) in [7, 11) is 0. The molecule has 1 heterocycles. The first-order valence-corrected chi connectivity index (χ1v) is 7.09. The molecular formula is C14H21ClN2O2. The number of halogens is 1. The van der Waals surface area contributed by atoms with Crippen LogP contribution in [-0.4, -0.2) is 44.1 Å². The van der Waals surface area contributed by atoms with E-state index in [-0.39, 0.29) is 12.7 Å². The molecule has 2 rings (SSSR count). The molecule has 0 aliphatic carbocycles. The fraction of sp³-hybridized carbons (Fsp3) is 0.571. The molecule has 0 aromatic heterocycles. The summed E-state index contributed by atoms with van der Waals surface area (Å²) in [6.45, 7) is 6.03. The number of hydrogen-bond donors (Lipinski definition) is 2. The van der Waals surface area contributed by atoms with Crippen molar-refractivity contribution in [2.75, 3.05) is 37.7 Å². The Kier molecular flexibility index (Phi) is 5.45. The van der Waals surface area contributed by atoms with E-state index in [1.54, 1.807) is 0 Å². The van der Waals surface area contributed by atoms with E-state index in [1.165, 1.54) is 0 Å². The van der Waals surface area contributed by atoms with Crippen LogP contribution in [0.15, 0.2) is 18.2 Å². The van der Waals surface area contributed by atoms with Crippen LogP contribution in [-0.2, 0) is 11.3 Å². The quantitative estimate of drug-likeness (QED) is 0.863. The number of rotatable bonds is 5. The Morgan fingerprint density at radius 1 is 1.53 bits per heavy atom. The monoisotopic (exact) mass is 284 g/mol. The van der Waals surface area contributed by atoms with Crippen molar-refractivity contribution in [2.24, 2.45) is 0 Å². The minimum Gasteiger partial charge on any atom is -0.394 e. The molecule has 1 aliphatic rings. The number of nitrogens with zero attached hydrogens (tertiary/aromatic N) is 1. The van der Waals surface area contributed by atoms with Gasteiger partial charge in [0.05, 0.1) is 19.3 Å². The van der Waals surface area contributed by atoms with Gasteiger partial charge < -0.3 is 20.1 Å². The highest BCUT2D eigenvalue weighted by Gasteiger charge is 2.20. The van der Waals surface area contributed by atoms with Crippen molar-refractivity contribution in [2.45, 2.75) is 19.6 Å². The van der Waals surface area contributed by atoms with E-state index in [0.717, 1.165) is 35.9 Å². The zero-order valence-corrected chi connectivity index (χ0v) is 12.0. The topological polar surface area (TPSA) is 44.7 Å². The zero-order valence-electron chi connectivity index (χ0n) is 11.2. The summed E-state index contributed by atoms with van der Waals surface area (Å²) in [6, 6.07) is 6.13. The van der Waals surface area contributed by atoms with Gasteiger partial charge in [0, 0.05) is 30.3 Å². The summed E-state index contributed by atoms with van der Waals surface area (Å²) in [5.74, 6) is 0. The largest absolute Gasteiger partial charge is 0.394 e. The summed E-state index contributed by atoms with van der Waals surface area (Å²) < 4.78 is 5.45. The van der Waals surface area contributed by atoms with E-state index < -0.39 is 0 Å². The van der Waals surface area contributed by atoms with Crippen LogP contribution in [0.25, 0.3) is 0 Å². The Hall–Kier alpha value is -0.810. The lowest BCUT2D eigenvalue weighted by Crippen LogP contribution is -2.44. The summed E-state index contributed by atoms with van der Waals surface area (Å²) >= 11 is 6.31. The first kappa shape index (κ1) is 14.6. The standard InChI is InChI=1S/C14H21ClN2O2/c1-2-16-8-11-3-4-12(7-14(11)15)17-5-6-19-13(9-17)10-18/h3-4,7,13,16,18H,2,5-6,8-10H2,1H3. The summed E-state index contributed by atoms with van der Waals surface area (Å²) in [6.07, 6.45) is -0.103. The lowest BCUT2D eigenvalue weighted by molar-refractivity contribution is 0.00357. The van der Waals surface area contributed by atoms with Gasteiger partial charge in [-0.15, -0.1) is 0 Å². The number of ether oxygens (including phenoxy) is 1. The second-order valence-corrected chi connectivity index (χ2v) is 5.08. The molecule has 1 fully saturated rings. The highest BCUT2D eigenvalue weighted by atomic mass is 35.5. The number of anilines is 1. The molecular weight excluding hydrogens is 264 g/mol. The smallest absolute Gasteiger partial charge is 0.0980 e. The van der Waals surface area contributed by atoms with Crippen molar-refractivity contribution in [1.29, 1.82) is 0 Å². The second kappa shape index (κ2) is 7.10. The van der Waals surface area contributed by atoms with Crippen LogP contribution in [0.1, 0.15) is 12.5 Å². The second-order valence-electron chi connectivity index (χ2n) is 4.68. The van der Waals surface area contributed by atoms with Crippen molar-refractivity contribution >= 4 is 17.3 Å². The fourth-order valence-corrected chi connectivity index (χ4v) is 2.44. The van der Waals surface area contributed by atoms with Gasteiger partial charge >= 0.3 is 0 Å². The third-order valence-electron chi connectivity index (χ3n) is 3.31. The van der Waals surface area contributed by atoms with E-state index in [9.17, 15) is 0 Å². The zero-order chi connectivity index (χ0) is 13.7. The Morgan fingerprint density at radius 3 is 3.05 bits per heavy atom. The molecule has 1 atom stereocenters. The van der Waals surface area contributed by atoms with Gasteiger partial charge in [-0.1, -0.05) is 24.6 Å². The number of morpholine rings is 1. The van der Waals surface area contributed by atoms with Crippen molar-refractivity contribution in [1.82, 2.24) is 5.32 Å². The Balaban J connectivity index is 2.06. The Labute approximate surface area is 119 Å². The van der Waals surface area contributed by atoms with Crippen LogP contribution in [0.4, 0.5) is 5.69 Å². The first-order valence-electron chi connectivity index (χ1n) is 6.71. The number of aliphatic hydroxyl groups excluding tert-OH is 1. The molecule has 0 saturated carbocycles. The van der Waals surface area contributed by atoms with E-state index in [1.807, 2.05) is 6.07 Å². The SMILES string of the molecule is CCNCc1ccc(N2CCOC(CO)C2)cc1Cl. The van der Waals surface area contributed by atoms with Crippen LogP contribution >= 0.6 is 11.6 Å².